The Morgan fingerprint density at radius 2 is 2.08 bits per heavy atom. The van der Waals surface area contributed by atoms with Crippen molar-refractivity contribution < 1.29 is 9.84 Å². The van der Waals surface area contributed by atoms with Gasteiger partial charge in [-0.3, -0.25) is 4.79 Å². The highest BCUT2D eigenvalue weighted by atomic mass is 79.9. The Kier molecular flexibility index (Phi) is 4.35. The molecular weight excluding hydrogens is 374 g/mol. The van der Waals surface area contributed by atoms with E-state index >= 15 is 0 Å². The fraction of sp³-hybridized carbons (Fsp3) is 0.118. The Bertz CT molecular complexity index is 1010. The van der Waals surface area contributed by atoms with Crippen LogP contribution >= 0.6 is 15.9 Å². The van der Waals surface area contributed by atoms with Gasteiger partial charge in [0.1, 0.15) is 5.82 Å². The molecule has 3 rings (SSSR count). The Morgan fingerprint density at radius 3 is 2.83 bits per heavy atom. The highest BCUT2D eigenvalue weighted by molar-refractivity contribution is 9.10. The molecule has 3 aromatic rings. The zero-order valence-corrected chi connectivity index (χ0v) is 14.6. The lowest BCUT2D eigenvalue weighted by atomic mass is 10.2. The minimum atomic E-state index is -0.249. The summed E-state index contributed by atoms with van der Waals surface area (Å²) >= 11 is 3.36. The van der Waals surface area contributed by atoms with Crippen molar-refractivity contribution in [1.82, 2.24) is 9.66 Å². The lowest BCUT2D eigenvalue weighted by Crippen LogP contribution is -2.20. The summed E-state index contributed by atoms with van der Waals surface area (Å²) in [4.78, 5) is 17.0. The third-order valence-corrected chi connectivity index (χ3v) is 3.99. The average molecular weight is 388 g/mol. The van der Waals surface area contributed by atoms with E-state index in [1.807, 2.05) is 6.07 Å². The number of halogens is 1. The van der Waals surface area contributed by atoms with Crippen molar-refractivity contribution in [1.29, 1.82) is 0 Å². The lowest BCUT2D eigenvalue weighted by molar-refractivity contribution is 0.373. The molecule has 2 aromatic carbocycles. The third-order valence-electron chi connectivity index (χ3n) is 3.50. The molecule has 0 bridgehead atoms. The Balaban J connectivity index is 2.08. The van der Waals surface area contributed by atoms with Gasteiger partial charge in [-0.15, -0.1) is 0 Å². The summed E-state index contributed by atoms with van der Waals surface area (Å²) in [7, 11) is 1.47. The van der Waals surface area contributed by atoms with Crippen LogP contribution in [-0.2, 0) is 0 Å². The molecule has 0 radical (unpaired) electrons. The van der Waals surface area contributed by atoms with Gasteiger partial charge in [0.05, 0.1) is 24.2 Å². The Labute approximate surface area is 146 Å². The summed E-state index contributed by atoms with van der Waals surface area (Å²) in [5.74, 6) is 0.862. The quantitative estimate of drug-likeness (QED) is 0.700. The molecule has 0 aliphatic carbocycles. The summed E-state index contributed by atoms with van der Waals surface area (Å²) in [6.45, 7) is 1.72. The number of rotatable bonds is 3. The number of methoxy groups -OCH3 is 1. The molecule has 0 aliphatic heterocycles. The molecule has 7 heteroatoms. The maximum atomic E-state index is 12.6. The topological polar surface area (TPSA) is 76.7 Å². The molecule has 0 spiro atoms. The van der Waals surface area contributed by atoms with Gasteiger partial charge in [0.15, 0.2) is 11.5 Å². The molecular formula is C17H14BrN3O3. The van der Waals surface area contributed by atoms with E-state index in [2.05, 4.69) is 26.0 Å². The number of benzene rings is 2. The molecule has 0 saturated heterocycles. The van der Waals surface area contributed by atoms with Crippen LogP contribution in [0.2, 0.25) is 0 Å². The molecule has 0 saturated carbocycles. The molecule has 1 N–H and O–H groups in total. The zero-order chi connectivity index (χ0) is 17.3. The standard InChI is InChI=1S/C17H14BrN3O3/c1-10-20-14-5-4-12(18)8-13(14)17(23)21(10)19-9-11-3-6-15(22)16(7-11)24-2/h3-9,22H,1-2H3. The van der Waals surface area contributed by atoms with Crippen LogP contribution in [0.25, 0.3) is 10.9 Å². The smallest absolute Gasteiger partial charge is 0.282 e. The second-order valence-corrected chi connectivity index (χ2v) is 6.03. The first kappa shape index (κ1) is 16.2. The number of fused-ring (bicyclic) bond motifs is 1. The summed E-state index contributed by atoms with van der Waals surface area (Å²) in [6, 6.07) is 10.2. The van der Waals surface area contributed by atoms with Crippen molar-refractivity contribution in [2.75, 3.05) is 7.11 Å². The van der Waals surface area contributed by atoms with E-state index in [-0.39, 0.29) is 11.3 Å². The van der Waals surface area contributed by atoms with Crippen molar-refractivity contribution in [2.24, 2.45) is 5.10 Å². The minimum absolute atomic E-state index is 0.0419. The second-order valence-electron chi connectivity index (χ2n) is 5.11. The molecule has 0 fully saturated rings. The molecule has 0 unspecified atom stereocenters. The van der Waals surface area contributed by atoms with Gasteiger partial charge in [0.2, 0.25) is 0 Å². The summed E-state index contributed by atoms with van der Waals surface area (Å²) in [5, 5.41) is 14.3. The molecule has 1 aromatic heterocycles. The molecule has 0 aliphatic rings. The summed E-state index contributed by atoms with van der Waals surface area (Å²) in [5.41, 5.74) is 1.06. The molecule has 24 heavy (non-hydrogen) atoms. The van der Waals surface area contributed by atoms with E-state index in [1.165, 1.54) is 24.1 Å². The number of ether oxygens (including phenoxy) is 1. The molecule has 0 amide bonds. The minimum Gasteiger partial charge on any atom is -0.504 e. The maximum absolute atomic E-state index is 12.6. The Hall–Kier alpha value is -2.67. The zero-order valence-electron chi connectivity index (χ0n) is 13.0. The van der Waals surface area contributed by atoms with Gasteiger partial charge < -0.3 is 9.84 Å². The normalized spacial score (nSPS) is 11.3. The molecule has 0 atom stereocenters. The van der Waals surface area contributed by atoms with E-state index in [0.717, 1.165) is 4.47 Å². The number of hydrogen-bond donors (Lipinski definition) is 1. The van der Waals surface area contributed by atoms with Crippen LogP contribution in [0.4, 0.5) is 0 Å². The monoisotopic (exact) mass is 387 g/mol. The van der Waals surface area contributed by atoms with Gasteiger partial charge in [0.25, 0.3) is 5.56 Å². The van der Waals surface area contributed by atoms with E-state index in [1.54, 1.807) is 31.2 Å². The number of phenolic OH excluding ortho intramolecular Hbond substituents is 1. The number of phenols is 1. The van der Waals surface area contributed by atoms with Crippen LogP contribution in [0.5, 0.6) is 11.5 Å². The molecule has 1 heterocycles. The van der Waals surface area contributed by atoms with Gasteiger partial charge >= 0.3 is 0 Å². The fourth-order valence-electron chi connectivity index (χ4n) is 2.29. The molecule has 122 valence electrons. The van der Waals surface area contributed by atoms with Gasteiger partial charge in [-0.25, -0.2) is 4.98 Å². The number of nitrogens with zero attached hydrogens (tertiary/aromatic N) is 3. The van der Waals surface area contributed by atoms with Gasteiger partial charge in [-0.05, 0) is 48.9 Å². The van der Waals surface area contributed by atoms with Crippen molar-refractivity contribution >= 4 is 33.0 Å². The van der Waals surface area contributed by atoms with Crippen LogP contribution in [0.1, 0.15) is 11.4 Å². The first-order valence-electron chi connectivity index (χ1n) is 7.10. The number of hydrogen-bond acceptors (Lipinski definition) is 5. The largest absolute Gasteiger partial charge is 0.504 e. The second kappa shape index (κ2) is 6.45. The highest BCUT2D eigenvalue weighted by Gasteiger charge is 2.08. The number of aryl methyl sites for hydroxylation is 1. The fourth-order valence-corrected chi connectivity index (χ4v) is 2.66. The van der Waals surface area contributed by atoms with Crippen molar-refractivity contribution in [3.8, 4) is 11.5 Å². The Morgan fingerprint density at radius 1 is 1.29 bits per heavy atom. The SMILES string of the molecule is COc1cc(C=Nn2c(C)nc3ccc(Br)cc3c2=O)ccc1O. The van der Waals surface area contributed by atoms with Crippen LogP contribution in [0.3, 0.4) is 0 Å². The van der Waals surface area contributed by atoms with Crippen LogP contribution < -0.4 is 10.3 Å². The van der Waals surface area contributed by atoms with E-state index < -0.39 is 0 Å². The first-order chi connectivity index (χ1) is 11.5. The summed E-state index contributed by atoms with van der Waals surface area (Å²) < 4.78 is 7.10. The third kappa shape index (κ3) is 3.03. The van der Waals surface area contributed by atoms with Crippen LogP contribution in [0, 0.1) is 6.92 Å². The predicted octanol–water partition coefficient (Wildman–Crippen LogP) is 3.06. The van der Waals surface area contributed by atoms with E-state index in [9.17, 15) is 9.90 Å². The number of aromatic nitrogens is 2. The predicted molar refractivity (Wildman–Crippen MR) is 96.1 cm³/mol. The molecule has 6 nitrogen and oxygen atoms in total. The van der Waals surface area contributed by atoms with Gasteiger partial charge in [-0.2, -0.15) is 9.78 Å². The average Bonchev–Trinajstić information content (AvgIpc) is 2.57. The van der Waals surface area contributed by atoms with E-state index in [4.69, 9.17) is 4.74 Å². The van der Waals surface area contributed by atoms with Crippen LogP contribution in [0.15, 0.2) is 50.8 Å². The number of aromatic hydroxyl groups is 1. The van der Waals surface area contributed by atoms with Crippen molar-refractivity contribution in [2.45, 2.75) is 6.92 Å². The van der Waals surface area contributed by atoms with Gasteiger partial charge in [0, 0.05) is 4.47 Å². The van der Waals surface area contributed by atoms with Crippen molar-refractivity contribution in [3.05, 3.63) is 62.6 Å². The van der Waals surface area contributed by atoms with Gasteiger partial charge in [-0.1, -0.05) is 15.9 Å². The maximum Gasteiger partial charge on any atom is 0.282 e. The lowest BCUT2D eigenvalue weighted by Gasteiger charge is -2.06. The first-order valence-corrected chi connectivity index (χ1v) is 7.89. The highest BCUT2D eigenvalue weighted by Crippen LogP contribution is 2.25. The van der Waals surface area contributed by atoms with Crippen LogP contribution in [-0.4, -0.2) is 28.1 Å². The summed E-state index contributed by atoms with van der Waals surface area (Å²) in [6.07, 6.45) is 1.52. The van der Waals surface area contributed by atoms with E-state index in [0.29, 0.717) is 28.0 Å². The van der Waals surface area contributed by atoms with Crippen molar-refractivity contribution in [3.63, 3.8) is 0 Å².